The van der Waals surface area contributed by atoms with Crippen molar-refractivity contribution < 1.29 is 14.3 Å². The van der Waals surface area contributed by atoms with Crippen molar-refractivity contribution in [1.82, 2.24) is 14.8 Å². The third-order valence-electron chi connectivity index (χ3n) is 6.26. The summed E-state index contributed by atoms with van der Waals surface area (Å²) in [7, 11) is 0. The van der Waals surface area contributed by atoms with Crippen molar-refractivity contribution in [3.05, 3.63) is 48.0 Å². The van der Waals surface area contributed by atoms with Gasteiger partial charge in [0.2, 0.25) is 0 Å². The number of anilines is 1. The minimum atomic E-state index is -0.233. The van der Waals surface area contributed by atoms with Gasteiger partial charge in [-0.3, -0.25) is 4.90 Å². The highest BCUT2D eigenvalue weighted by Gasteiger charge is 2.18. The predicted molar refractivity (Wildman–Crippen MR) is 141 cm³/mol. The Bertz CT molecular complexity index is 1170. The van der Waals surface area contributed by atoms with Crippen LogP contribution in [0.15, 0.2) is 42.5 Å². The van der Waals surface area contributed by atoms with Gasteiger partial charge in [-0.05, 0) is 44.5 Å². The molecule has 186 valence electrons. The van der Waals surface area contributed by atoms with Gasteiger partial charge in [-0.2, -0.15) is 0 Å². The van der Waals surface area contributed by atoms with Gasteiger partial charge in [0.05, 0.1) is 31.0 Å². The fourth-order valence-corrected chi connectivity index (χ4v) is 4.61. The van der Waals surface area contributed by atoms with Crippen molar-refractivity contribution in [3.63, 3.8) is 0 Å². The van der Waals surface area contributed by atoms with Crippen LogP contribution in [0, 0.1) is 5.41 Å². The molecule has 4 rings (SSSR count). The van der Waals surface area contributed by atoms with E-state index in [4.69, 9.17) is 14.9 Å². The van der Waals surface area contributed by atoms with E-state index in [2.05, 4.69) is 33.1 Å². The summed E-state index contributed by atoms with van der Waals surface area (Å²) >= 11 is 0. The molecule has 1 aliphatic rings. The maximum absolute atomic E-state index is 12.0. The van der Waals surface area contributed by atoms with Crippen molar-refractivity contribution in [1.29, 1.82) is 5.41 Å². The number of carbonyl (C=O) groups is 1. The molecular weight excluding hydrogens is 442 g/mol. The van der Waals surface area contributed by atoms with Gasteiger partial charge in [-0.25, -0.2) is 4.79 Å². The third kappa shape index (κ3) is 5.83. The van der Waals surface area contributed by atoms with E-state index in [9.17, 15) is 4.79 Å². The van der Waals surface area contributed by atoms with Gasteiger partial charge in [0.1, 0.15) is 5.75 Å². The van der Waals surface area contributed by atoms with Crippen molar-refractivity contribution in [2.45, 2.75) is 26.8 Å². The van der Waals surface area contributed by atoms with Crippen molar-refractivity contribution in [2.24, 2.45) is 0 Å². The van der Waals surface area contributed by atoms with Crippen LogP contribution in [0.3, 0.4) is 0 Å². The first-order valence-electron chi connectivity index (χ1n) is 12.4. The van der Waals surface area contributed by atoms with Crippen LogP contribution in [0.1, 0.15) is 25.8 Å². The highest BCUT2D eigenvalue weighted by molar-refractivity contribution is 6.06. The second kappa shape index (κ2) is 11.9. The molecule has 0 spiro atoms. The Morgan fingerprint density at radius 1 is 1.17 bits per heavy atom. The fourth-order valence-electron chi connectivity index (χ4n) is 4.61. The maximum atomic E-state index is 12.0. The Morgan fingerprint density at radius 2 is 2.00 bits per heavy atom. The molecule has 35 heavy (non-hydrogen) atoms. The molecule has 3 N–H and O–H groups in total. The standard InChI is InChI=1S/C27H35N5O3/c1-3-29-27(33)30-21-8-5-7-20(17-21)26-24(19-28)23-10-9-22(18-25(23)32(26)4-2)35-14-6-11-31-12-15-34-16-13-31/h5,7-10,17-19,28H,3-4,6,11-16H2,1-2H3,(H2,29,30,33). The van der Waals surface area contributed by atoms with Gasteiger partial charge in [-0.15, -0.1) is 0 Å². The fraction of sp³-hybridized carbons (Fsp3) is 0.407. The van der Waals surface area contributed by atoms with Gasteiger partial charge in [0, 0.05) is 67.2 Å². The molecule has 1 aliphatic heterocycles. The van der Waals surface area contributed by atoms with Crippen LogP contribution in [0.4, 0.5) is 10.5 Å². The normalized spacial score (nSPS) is 14.1. The predicted octanol–water partition coefficient (Wildman–Crippen LogP) is 4.57. The SMILES string of the molecule is CCNC(=O)Nc1cccc(-c2c(C=N)c3ccc(OCCCN4CCOCC4)cc3n2CC)c1. The summed E-state index contributed by atoms with van der Waals surface area (Å²) in [5.41, 5.74) is 4.51. The number of nitrogens with zero attached hydrogens (tertiary/aromatic N) is 2. The van der Waals surface area contributed by atoms with Crippen molar-refractivity contribution in [2.75, 3.05) is 51.3 Å². The molecule has 8 nitrogen and oxygen atoms in total. The van der Waals surface area contributed by atoms with Gasteiger partial charge >= 0.3 is 6.03 Å². The summed E-state index contributed by atoms with van der Waals surface area (Å²) in [4.78, 5) is 14.4. The molecule has 0 saturated carbocycles. The number of fused-ring (bicyclic) bond motifs is 1. The van der Waals surface area contributed by atoms with Crippen LogP contribution in [0.2, 0.25) is 0 Å². The monoisotopic (exact) mass is 477 g/mol. The molecule has 1 saturated heterocycles. The molecule has 2 heterocycles. The molecule has 0 bridgehead atoms. The number of carbonyl (C=O) groups excluding carboxylic acids is 1. The van der Waals surface area contributed by atoms with Crippen molar-refractivity contribution >= 4 is 28.8 Å². The Balaban J connectivity index is 1.56. The molecule has 8 heteroatoms. The number of morpholine rings is 1. The van der Waals surface area contributed by atoms with E-state index in [1.165, 1.54) is 6.21 Å². The van der Waals surface area contributed by atoms with E-state index < -0.39 is 0 Å². The number of aryl methyl sites for hydroxylation is 1. The lowest BCUT2D eigenvalue weighted by molar-refractivity contribution is 0.0358. The van der Waals surface area contributed by atoms with Crippen LogP contribution in [0.5, 0.6) is 5.75 Å². The number of aromatic nitrogens is 1. The molecule has 2 aromatic carbocycles. The molecule has 1 fully saturated rings. The zero-order valence-corrected chi connectivity index (χ0v) is 20.6. The number of amides is 2. The molecule has 0 radical (unpaired) electrons. The summed E-state index contributed by atoms with van der Waals surface area (Å²) < 4.78 is 13.7. The number of benzene rings is 2. The summed E-state index contributed by atoms with van der Waals surface area (Å²) in [6.45, 7) is 10.6. The first kappa shape index (κ1) is 24.8. The first-order chi connectivity index (χ1) is 17.1. The number of rotatable bonds is 10. The lowest BCUT2D eigenvalue weighted by atomic mass is 10.1. The summed E-state index contributed by atoms with van der Waals surface area (Å²) in [6.07, 6.45) is 2.38. The van der Waals surface area contributed by atoms with Gasteiger partial charge in [0.15, 0.2) is 0 Å². The van der Waals surface area contributed by atoms with Gasteiger partial charge in [-0.1, -0.05) is 12.1 Å². The molecule has 0 atom stereocenters. The lowest BCUT2D eigenvalue weighted by Crippen LogP contribution is -2.37. The Hall–Kier alpha value is -3.36. The van der Waals surface area contributed by atoms with Crippen LogP contribution in [-0.4, -0.2) is 67.7 Å². The molecular formula is C27H35N5O3. The van der Waals surface area contributed by atoms with E-state index in [1.54, 1.807) is 0 Å². The highest BCUT2D eigenvalue weighted by atomic mass is 16.5. The number of hydrogen-bond donors (Lipinski definition) is 3. The first-order valence-corrected chi connectivity index (χ1v) is 12.4. The van der Waals surface area contributed by atoms with E-state index in [-0.39, 0.29) is 6.03 Å². The Labute approximate surface area is 206 Å². The topological polar surface area (TPSA) is 91.6 Å². The third-order valence-corrected chi connectivity index (χ3v) is 6.26. The van der Waals surface area contributed by atoms with Crippen LogP contribution < -0.4 is 15.4 Å². The van der Waals surface area contributed by atoms with E-state index >= 15 is 0 Å². The summed E-state index contributed by atoms with van der Waals surface area (Å²) in [5, 5.41) is 14.8. The summed E-state index contributed by atoms with van der Waals surface area (Å²) in [6, 6.07) is 13.6. The average Bonchev–Trinajstić information content (AvgIpc) is 3.20. The average molecular weight is 478 g/mol. The zero-order valence-electron chi connectivity index (χ0n) is 20.6. The molecule has 2 amide bonds. The second-order valence-electron chi connectivity index (χ2n) is 8.55. The van der Waals surface area contributed by atoms with Crippen LogP contribution >= 0.6 is 0 Å². The molecule has 3 aromatic rings. The number of nitrogens with one attached hydrogen (secondary N) is 3. The Morgan fingerprint density at radius 3 is 2.74 bits per heavy atom. The van der Waals surface area contributed by atoms with Crippen LogP contribution in [0.25, 0.3) is 22.2 Å². The number of ether oxygens (including phenoxy) is 2. The number of hydrogen-bond acceptors (Lipinski definition) is 5. The minimum Gasteiger partial charge on any atom is -0.493 e. The highest BCUT2D eigenvalue weighted by Crippen LogP contribution is 2.35. The quantitative estimate of drug-likeness (QED) is 0.295. The maximum Gasteiger partial charge on any atom is 0.319 e. The smallest absolute Gasteiger partial charge is 0.319 e. The van der Waals surface area contributed by atoms with E-state index in [1.807, 2.05) is 43.3 Å². The molecule has 0 unspecified atom stereocenters. The minimum absolute atomic E-state index is 0.233. The zero-order chi connectivity index (χ0) is 24.6. The number of urea groups is 1. The second-order valence-corrected chi connectivity index (χ2v) is 8.55. The van der Waals surface area contributed by atoms with E-state index in [0.29, 0.717) is 18.8 Å². The van der Waals surface area contributed by atoms with Gasteiger partial charge in [0.25, 0.3) is 0 Å². The van der Waals surface area contributed by atoms with Crippen LogP contribution in [-0.2, 0) is 11.3 Å². The van der Waals surface area contributed by atoms with E-state index in [0.717, 1.165) is 79.3 Å². The largest absolute Gasteiger partial charge is 0.493 e. The van der Waals surface area contributed by atoms with Crippen molar-refractivity contribution in [3.8, 4) is 17.0 Å². The Kier molecular flexibility index (Phi) is 8.39. The molecule has 1 aromatic heterocycles. The van der Waals surface area contributed by atoms with Gasteiger partial charge < -0.3 is 30.1 Å². The lowest BCUT2D eigenvalue weighted by Gasteiger charge is -2.26. The molecule has 0 aliphatic carbocycles. The summed E-state index contributed by atoms with van der Waals surface area (Å²) in [5.74, 6) is 0.835.